The van der Waals surface area contributed by atoms with Gasteiger partial charge in [0.25, 0.3) is 10.0 Å². The second-order valence-electron chi connectivity index (χ2n) is 2.22. The summed E-state index contributed by atoms with van der Waals surface area (Å²) in [5.74, 6) is -0.760. The molecule has 0 aliphatic heterocycles. The van der Waals surface area contributed by atoms with Crippen molar-refractivity contribution in [2.45, 2.75) is 4.21 Å². The lowest BCUT2D eigenvalue weighted by atomic mass is 10.7. The molecule has 0 aromatic carbocycles. The summed E-state index contributed by atoms with van der Waals surface area (Å²) in [5.41, 5.74) is 4.78. The topological polar surface area (TPSA) is 102 Å². The zero-order valence-corrected chi connectivity index (χ0v) is 9.12. The lowest BCUT2D eigenvalue weighted by molar-refractivity contribution is -0.116. The molecule has 3 N–H and O–H groups in total. The molecule has 0 bridgehead atoms. The van der Waals surface area contributed by atoms with Crippen LogP contribution < -0.4 is 10.5 Å². The van der Waals surface area contributed by atoms with Crippen LogP contribution in [-0.4, -0.2) is 25.9 Å². The molecule has 1 heterocycles. The van der Waals surface area contributed by atoms with Crippen LogP contribution in [0.25, 0.3) is 0 Å². The molecule has 0 saturated heterocycles. The lowest BCUT2D eigenvalue weighted by Gasteiger charge is -1.99. The van der Waals surface area contributed by atoms with Gasteiger partial charge in [-0.3, -0.25) is 4.79 Å². The molecule has 1 aromatic rings. The predicted molar refractivity (Wildman–Crippen MR) is 51.5 cm³/mol. The van der Waals surface area contributed by atoms with Crippen LogP contribution in [0.15, 0.2) is 10.4 Å². The number of halogens is 1. The molecule has 1 amide bonds. The fourth-order valence-electron chi connectivity index (χ4n) is 0.601. The molecule has 0 spiro atoms. The predicted octanol–water partition coefficient (Wildman–Crippen LogP) is -0.440. The molecule has 0 unspecified atom stereocenters. The highest BCUT2D eigenvalue weighted by Crippen LogP contribution is 2.21. The van der Waals surface area contributed by atoms with Gasteiger partial charge in [0.2, 0.25) is 5.91 Å². The Balaban J connectivity index is 2.81. The third-order valence-corrected chi connectivity index (χ3v) is 4.13. The van der Waals surface area contributed by atoms with Crippen LogP contribution in [0, 0.1) is 0 Å². The highest BCUT2D eigenvalue weighted by Gasteiger charge is 2.17. The van der Waals surface area contributed by atoms with Crippen molar-refractivity contribution < 1.29 is 13.2 Å². The van der Waals surface area contributed by atoms with E-state index in [2.05, 4.69) is 4.98 Å². The summed E-state index contributed by atoms with van der Waals surface area (Å²) in [6, 6.07) is 0. The number of carbonyl (C=O) groups excluding carboxylic acids is 1. The largest absolute Gasteiger partial charge is 0.369 e. The molecule has 78 valence electrons. The van der Waals surface area contributed by atoms with E-state index in [0.29, 0.717) is 0 Å². The number of primary amides is 1. The van der Waals surface area contributed by atoms with Crippen molar-refractivity contribution in [2.75, 3.05) is 6.54 Å². The number of hydrogen-bond acceptors (Lipinski definition) is 5. The van der Waals surface area contributed by atoms with Crippen LogP contribution in [0.4, 0.5) is 0 Å². The molecular weight excluding hydrogens is 250 g/mol. The van der Waals surface area contributed by atoms with E-state index in [1.54, 1.807) is 0 Å². The van der Waals surface area contributed by atoms with Crippen molar-refractivity contribution in [3.05, 3.63) is 10.7 Å². The summed E-state index contributed by atoms with van der Waals surface area (Å²) in [5, 5.41) is 0. The number of hydrogen-bond donors (Lipinski definition) is 2. The van der Waals surface area contributed by atoms with Crippen LogP contribution in [0.2, 0.25) is 4.47 Å². The Bertz CT molecular complexity index is 441. The number of thiazole rings is 1. The molecule has 0 aliphatic carbocycles. The second kappa shape index (κ2) is 4.22. The standard InChI is InChI=1S/C5H6ClN3O3S2/c6-5-8-2-4(13-5)14(11,12)9-1-3(7)10/h2,9H,1H2,(H2,7,10). The van der Waals surface area contributed by atoms with E-state index in [0.717, 1.165) is 17.5 Å². The Morgan fingerprint density at radius 1 is 1.71 bits per heavy atom. The SMILES string of the molecule is NC(=O)CNS(=O)(=O)c1cnc(Cl)s1. The van der Waals surface area contributed by atoms with E-state index in [4.69, 9.17) is 17.3 Å². The van der Waals surface area contributed by atoms with Gasteiger partial charge in [-0.1, -0.05) is 22.9 Å². The summed E-state index contributed by atoms with van der Waals surface area (Å²) < 4.78 is 24.7. The van der Waals surface area contributed by atoms with E-state index in [-0.39, 0.29) is 8.68 Å². The number of aromatic nitrogens is 1. The Labute approximate surface area is 89.1 Å². The van der Waals surface area contributed by atoms with Gasteiger partial charge < -0.3 is 5.73 Å². The average molecular weight is 256 g/mol. The summed E-state index contributed by atoms with van der Waals surface area (Å²) in [6.45, 7) is -0.447. The van der Waals surface area contributed by atoms with Crippen molar-refractivity contribution in [1.29, 1.82) is 0 Å². The third kappa shape index (κ3) is 2.91. The van der Waals surface area contributed by atoms with Crippen molar-refractivity contribution in [3.63, 3.8) is 0 Å². The molecule has 1 aromatic heterocycles. The molecule has 1 rings (SSSR count). The van der Waals surface area contributed by atoms with Crippen LogP contribution in [-0.2, 0) is 14.8 Å². The molecule has 6 nitrogen and oxygen atoms in total. The van der Waals surface area contributed by atoms with Gasteiger partial charge in [0.15, 0.2) is 8.68 Å². The minimum absolute atomic E-state index is 0.0521. The first-order chi connectivity index (χ1) is 6.42. The maximum absolute atomic E-state index is 11.3. The number of amides is 1. The number of nitrogens with two attached hydrogens (primary N) is 1. The van der Waals surface area contributed by atoms with Gasteiger partial charge in [-0.05, 0) is 0 Å². The van der Waals surface area contributed by atoms with E-state index in [9.17, 15) is 13.2 Å². The number of nitrogens with zero attached hydrogens (tertiary/aromatic N) is 1. The Hall–Kier alpha value is -0.700. The zero-order valence-electron chi connectivity index (χ0n) is 6.73. The van der Waals surface area contributed by atoms with E-state index in [1.165, 1.54) is 0 Å². The molecule has 0 atom stereocenters. The minimum atomic E-state index is -3.71. The van der Waals surface area contributed by atoms with Crippen LogP contribution in [0.3, 0.4) is 0 Å². The summed E-state index contributed by atoms with van der Waals surface area (Å²) in [7, 11) is -3.71. The van der Waals surface area contributed by atoms with Crippen molar-refractivity contribution in [1.82, 2.24) is 9.71 Å². The highest BCUT2D eigenvalue weighted by molar-refractivity contribution is 7.91. The van der Waals surface area contributed by atoms with Gasteiger partial charge in [-0.25, -0.2) is 18.1 Å². The molecule has 9 heteroatoms. The first-order valence-electron chi connectivity index (χ1n) is 3.31. The van der Waals surface area contributed by atoms with Gasteiger partial charge in [-0.15, -0.1) is 0 Å². The molecule has 14 heavy (non-hydrogen) atoms. The Kier molecular flexibility index (Phi) is 3.43. The summed E-state index contributed by atoms with van der Waals surface area (Å²) in [6.07, 6.45) is 1.11. The van der Waals surface area contributed by atoms with Gasteiger partial charge >= 0.3 is 0 Å². The van der Waals surface area contributed by atoms with E-state index in [1.807, 2.05) is 4.72 Å². The van der Waals surface area contributed by atoms with Gasteiger partial charge in [0, 0.05) is 0 Å². The summed E-state index contributed by atoms with van der Waals surface area (Å²) in [4.78, 5) is 13.9. The van der Waals surface area contributed by atoms with Gasteiger partial charge in [-0.2, -0.15) is 0 Å². The molecular formula is C5H6ClN3O3S2. The van der Waals surface area contributed by atoms with Crippen LogP contribution in [0.1, 0.15) is 0 Å². The maximum Gasteiger partial charge on any atom is 0.252 e. The van der Waals surface area contributed by atoms with Crippen molar-refractivity contribution in [2.24, 2.45) is 5.73 Å². The minimum Gasteiger partial charge on any atom is -0.369 e. The monoisotopic (exact) mass is 255 g/mol. The lowest BCUT2D eigenvalue weighted by Crippen LogP contribution is -2.32. The van der Waals surface area contributed by atoms with Gasteiger partial charge in [0.1, 0.15) is 0 Å². The molecule has 0 radical (unpaired) electrons. The summed E-state index contributed by atoms with van der Waals surface area (Å²) >= 11 is 6.25. The van der Waals surface area contributed by atoms with Crippen LogP contribution >= 0.6 is 22.9 Å². The molecule has 0 fully saturated rings. The van der Waals surface area contributed by atoms with Crippen molar-refractivity contribution >= 4 is 38.9 Å². The highest BCUT2D eigenvalue weighted by atomic mass is 35.5. The third-order valence-electron chi connectivity index (χ3n) is 1.16. The van der Waals surface area contributed by atoms with Crippen molar-refractivity contribution in [3.8, 4) is 0 Å². The average Bonchev–Trinajstić information content (AvgIpc) is 2.49. The number of carbonyl (C=O) groups is 1. The normalized spacial score (nSPS) is 11.5. The maximum atomic E-state index is 11.3. The number of sulfonamides is 1. The fourth-order valence-corrected chi connectivity index (χ4v) is 2.93. The second-order valence-corrected chi connectivity index (χ2v) is 5.83. The number of nitrogens with one attached hydrogen (secondary N) is 1. The van der Waals surface area contributed by atoms with E-state index >= 15 is 0 Å². The van der Waals surface area contributed by atoms with Gasteiger partial charge in [0.05, 0.1) is 12.7 Å². The van der Waals surface area contributed by atoms with E-state index < -0.39 is 22.5 Å². The smallest absolute Gasteiger partial charge is 0.252 e. The molecule has 0 aliphatic rings. The number of rotatable bonds is 4. The first-order valence-corrected chi connectivity index (χ1v) is 5.99. The molecule has 0 saturated carbocycles. The fraction of sp³-hybridized carbons (Fsp3) is 0.200. The first kappa shape index (κ1) is 11.4. The quantitative estimate of drug-likeness (QED) is 0.761. The van der Waals surface area contributed by atoms with Crippen LogP contribution in [0.5, 0.6) is 0 Å². The Morgan fingerprint density at radius 2 is 2.36 bits per heavy atom. The Morgan fingerprint density at radius 3 is 2.79 bits per heavy atom. The zero-order chi connectivity index (χ0) is 10.8.